The average Bonchev–Trinajstić information content (AvgIpc) is 2.96. The zero-order valence-corrected chi connectivity index (χ0v) is 16.6. The molecule has 8 heteroatoms. The molecule has 1 aliphatic heterocycles. The molecule has 27 heavy (non-hydrogen) atoms. The van der Waals surface area contributed by atoms with Crippen molar-refractivity contribution in [2.24, 2.45) is 7.05 Å². The first-order valence-electron chi connectivity index (χ1n) is 9.07. The van der Waals surface area contributed by atoms with Gasteiger partial charge in [-0.25, -0.2) is 8.78 Å². The van der Waals surface area contributed by atoms with E-state index in [4.69, 9.17) is 0 Å². The zero-order valence-electron chi connectivity index (χ0n) is 15.8. The Morgan fingerprint density at radius 3 is 2.74 bits per heavy atom. The van der Waals surface area contributed by atoms with Gasteiger partial charge in [0.1, 0.15) is 0 Å². The number of anilines is 2. The van der Waals surface area contributed by atoms with E-state index in [1.165, 1.54) is 27.9 Å². The molecule has 0 spiro atoms. The molecule has 0 saturated heterocycles. The van der Waals surface area contributed by atoms with Crippen molar-refractivity contribution in [1.29, 1.82) is 0 Å². The molecule has 1 N–H and O–H groups in total. The van der Waals surface area contributed by atoms with Crippen molar-refractivity contribution in [3.8, 4) is 0 Å². The number of hydrogen-bond acceptors (Lipinski definition) is 4. The highest BCUT2D eigenvalue weighted by Crippen LogP contribution is 2.37. The summed E-state index contributed by atoms with van der Waals surface area (Å²) in [5.74, 6) is -0.0826. The standard InChI is InChI=1S/C19H24F2N4OS/c1-4-14-13(15(5-2)24(3)23-14)9-22-12-6-7-17-16(8-12)25(10-18(20)21)19(26)11-27-17/h6-8,18,22H,4-5,9-11H2,1-3H3. The van der Waals surface area contributed by atoms with Crippen molar-refractivity contribution in [3.05, 3.63) is 35.2 Å². The number of amides is 1. The molecule has 1 amide bonds. The molecule has 0 radical (unpaired) electrons. The van der Waals surface area contributed by atoms with Crippen molar-refractivity contribution in [2.45, 2.75) is 44.6 Å². The van der Waals surface area contributed by atoms with Crippen LogP contribution >= 0.6 is 11.8 Å². The van der Waals surface area contributed by atoms with Gasteiger partial charge >= 0.3 is 0 Å². The number of aromatic nitrogens is 2. The van der Waals surface area contributed by atoms with Crippen LogP contribution in [0.1, 0.15) is 30.8 Å². The van der Waals surface area contributed by atoms with E-state index in [1.807, 2.05) is 23.9 Å². The van der Waals surface area contributed by atoms with E-state index >= 15 is 0 Å². The summed E-state index contributed by atoms with van der Waals surface area (Å²) < 4.78 is 27.7. The molecular weight excluding hydrogens is 370 g/mol. The summed E-state index contributed by atoms with van der Waals surface area (Å²) in [4.78, 5) is 14.1. The maximum Gasteiger partial charge on any atom is 0.256 e. The van der Waals surface area contributed by atoms with Crippen LogP contribution < -0.4 is 10.2 Å². The second kappa shape index (κ2) is 8.29. The minimum atomic E-state index is -2.56. The van der Waals surface area contributed by atoms with Crippen molar-refractivity contribution < 1.29 is 13.6 Å². The molecule has 1 aliphatic rings. The molecule has 1 aromatic carbocycles. The second-order valence-electron chi connectivity index (χ2n) is 6.42. The first-order chi connectivity index (χ1) is 12.9. The summed E-state index contributed by atoms with van der Waals surface area (Å²) >= 11 is 1.39. The van der Waals surface area contributed by atoms with E-state index in [0.717, 1.165) is 29.1 Å². The maximum absolute atomic E-state index is 12.9. The molecule has 1 aromatic heterocycles. The molecule has 0 atom stereocenters. The number of alkyl halides is 2. The highest BCUT2D eigenvalue weighted by molar-refractivity contribution is 8.00. The van der Waals surface area contributed by atoms with E-state index in [2.05, 4.69) is 24.3 Å². The number of aryl methyl sites for hydroxylation is 2. The third kappa shape index (κ3) is 4.10. The summed E-state index contributed by atoms with van der Waals surface area (Å²) in [6.45, 7) is 4.21. The van der Waals surface area contributed by atoms with Crippen LogP contribution in [0.2, 0.25) is 0 Å². The molecular formula is C19H24F2N4OS. The Morgan fingerprint density at radius 1 is 1.30 bits per heavy atom. The SMILES string of the molecule is CCc1nn(C)c(CC)c1CNc1ccc2c(c1)N(CC(F)F)C(=O)CS2. The van der Waals surface area contributed by atoms with Gasteiger partial charge in [0.05, 0.1) is 23.7 Å². The first-order valence-corrected chi connectivity index (χ1v) is 10.1. The van der Waals surface area contributed by atoms with E-state index in [0.29, 0.717) is 12.2 Å². The Hall–Kier alpha value is -2.09. The molecule has 5 nitrogen and oxygen atoms in total. The lowest BCUT2D eigenvalue weighted by Crippen LogP contribution is -2.38. The predicted molar refractivity (Wildman–Crippen MR) is 105 cm³/mol. The number of halogens is 2. The lowest BCUT2D eigenvalue weighted by Gasteiger charge is -2.29. The summed E-state index contributed by atoms with van der Waals surface area (Å²) in [5.41, 5.74) is 4.78. The summed E-state index contributed by atoms with van der Waals surface area (Å²) in [7, 11) is 1.95. The lowest BCUT2D eigenvalue weighted by molar-refractivity contribution is -0.116. The van der Waals surface area contributed by atoms with Crippen molar-refractivity contribution in [2.75, 3.05) is 22.5 Å². The van der Waals surface area contributed by atoms with Crippen molar-refractivity contribution in [3.63, 3.8) is 0 Å². The Balaban J connectivity index is 1.84. The van der Waals surface area contributed by atoms with E-state index in [1.54, 1.807) is 6.07 Å². The number of rotatable bonds is 7. The first kappa shape index (κ1) is 19.7. The largest absolute Gasteiger partial charge is 0.381 e. The van der Waals surface area contributed by atoms with Crippen LogP contribution in [0.15, 0.2) is 23.1 Å². The summed E-state index contributed by atoms with van der Waals surface area (Å²) in [5, 5.41) is 7.95. The normalized spacial score (nSPS) is 14.0. The number of benzene rings is 1. The molecule has 146 valence electrons. The number of carbonyl (C=O) groups is 1. The van der Waals surface area contributed by atoms with Gasteiger partial charge in [0.15, 0.2) is 0 Å². The Kier molecular flexibility index (Phi) is 6.04. The van der Waals surface area contributed by atoms with Gasteiger partial charge in [0, 0.05) is 35.4 Å². The highest BCUT2D eigenvalue weighted by atomic mass is 32.2. The van der Waals surface area contributed by atoms with Crippen LogP contribution in [0, 0.1) is 0 Å². The third-order valence-electron chi connectivity index (χ3n) is 4.72. The molecule has 0 bridgehead atoms. The Labute approximate surface area is 162 Å². The van der Waals surface area contributed by atoms with E-state index in [9.17, 15) is 13.6 Å². The average molecular weight is 394 g/mol. The third-order valence-corrected chi connectivity index (χ3v) is 5.77. The minimum absolute atomic E-state index is 0.196. The van der Waals surface area contributed by atoms with Gasteiger partial charge in [-0.3, -0.25) is 9.48 Å². The number of hydrogen-bond donors (Lipinski definition) is 1. The summed E-state index contributed by atoms with van der Waals surface area (Å²) in [6, 6.07) is 5.60. The van der Waals surface area contributed by atoms with Crippen LogP contribution in [-0.2, 0) is 31.2 Å². The van der Waals surface area contributed by atoms with Gasteiger partial charge in [0.2, 0.25) is 5.91 Å². The number of thioether (sulfide) groups is 1. The monoisotopic (exact) mass is 394 g/mol. The lowest BCUT2D eigenvalue weighted by atomic mass is 10.1. The van der Waals surface area contributed by atoms with Crippen LogP contribution in [0.5, 0.6) is 0 Å². The fourth-order valence-electron chi connectivity index (χ4n) is 3.43. The molecule has 2 heterocycles. The molecule has 0 unspecified atom stereocenters. The van der Waals surface area contributed by atoms with Crippen LogP contribution in [-0.4, -0.2) is 34.4 Å². The molecule has 3 rings (SSSR count). The van der Waals surface area contributed by atoms with Gasteiger partial charge in [0.25, 0.3) is 6.43 Å². The van der Waals surface area contributed by atoms with E-state index < -0.39 is 13.0 Å². The molecule has 2 aromatic rings. The number of fused-ring (bicyclic) bond motifs is 1. The topological polar surface area (TPSA) is 50.2 Å². The van der Waals surface area contributed by atoms with Gasteiger partial charge in [-0.05, 0) is 31.0 Å². The number of carbonyl (C=O) groups excluding carboxylic acids is 1. The zero-order chi connectivity index (χ0) is 19.6. The van der Waals surface area contributed by atoms with Crippen molar-refractivity contribution >= 4 is 29.0 Å². The smallest absolute Gasteiger partial charge is 0.256 e. The number of nitrogens with one attached hydrogen (secondary N) is 1. The second-order valence-corrected chi connectivity index (χ2v) is 7.44. The van der Waals surface area contributed by atoms with Gasteiger partial charge in [-0.15, -0.1) is 11.8 Å². The Bertz CT molecular complexity index is 837. The molecule has 0 fully saturated rings. The highest BCUT2D eigenvalue weighted by Gasteiger charge is 2.27. The Morgan fingerprint density at radius 2 is 2.07 bits per heavy atom. The van der Waals surface area contributed by atoms with Gasteiger partial charge in [-0.2, -0.15) is 5.10 Å². The quantitative estimate of drug-likeness (QED) is 0.775. The van der Waals surface area contributed by atoms with Gasteiger partial charge < -0.3 is 10.2 Å². The van der Waals surface area contributed by atoms with Crippen molar-refractivity contribution in [1.82, 2.24) is 9.78 Å². The maximum atomic E-state index is 12.9. The molecule has 0 aliphatic carbocycles. The van der Waals surface area contributed by atoms with Crippen LogP contribution in [0.25, 0.3) is 0 Å². The predicted octanol–water partition coefficient (Wildman–Crippen LogP) is 3.86. The van der Waals surface area contributed by atoms with Crippen LogP contribution in [0.3, 0.4) is 0 Å². The fourth-order valence-corrected chi connectivity index (χ4v) is 4.35. The number of nitrogens with zero attached hydrogens (tertiary/aromatic N) is 3. The van der Waals surface area contributed by atoms with E-state index in [-0.39, 0.29) is 11.7 Å². The minimum Gasteiger partial charge on any atom is -0.381 e. The van der Waals surface area contributed by atoms with Gasteiger partial charge in [-0.1, -0.05) is 13.8 Å². The fraction of sp³-hybridized carbons (Fsp3) is 0.474. The van der Waals surface area contributed by atoms with Crippen LogP contribution in [0.4, 0.5) is 20.2 Å². The summed E-state index contributed by atoms with van der Waals surface area (Å²) in [6.07, 6.45) is -0.823. The molecule has 0 saturated carbocycles.